The molecule has 0 radical (unpaired) electrons. The van der Waals surface area contributed by atoms with E-state index in [0.717, 1.165) is 30.8 Å². The molecule has 1 amide bonds. The molecule has 1 aromatic carbocycles. The van der Waals surface area contributed by atoms with Crippen LogP contribution in [0, 0.1) is 0 Å². The third-order valence-corrected chi connectivity index (χ3v) is 5.00. The van der Waals surface area contributed by atoms with Gasteiger partial charge < -0.3 is 4.90 Å². The summed E-state index contributed by atoms with van der Waals surface area (Å²) in [5.74, 6) is 0.101. The molecule has 4 nitrogen and oxygen atoms in total. The molecule has 0 fully saturated rings. The molecule has 5 heteroatoms. The van der Waals surface area contributed by atoms with Crippen LogP contribution in [-0.4, -0.2) is 27.1 Å². The van der Waals surface area contributed by atoms with Crippen LogP contribution in [0.1, 0.15) is 20.8 Å². The summed E-state index contributed by atoms with van der Waals surface area (Å²) in [5.41, 5.74) is 2.98. The van der Waals surface area contributed by atoms with Gasteiger partial charge in [0.2, 0.25) is 0 Å². The zero-order valence-electron chi connectivity index (χ0n) is 12.0. The standard InChI is InChI=1S/C17H15N3OS/c21-17(19-10-6-16-14(12-19)7-11-22-16)13-2-4-15(5-3-13)20-9-1-8-18-20/h1-5,7-9,11H,6,10,12H2. The number of carbonyl (C=O) groups excluding carboxylic acids is 1. The maximum atomic E-state index is 12.6. The number of rotatable bonds is 2. The van der Waals surface area contributed by atoms with Gasteiger partial charge >= 0.3 is 0 Å². The van der Waals surface area contributed by atoms with E-state index in [1.807, 2.05) is 41.4 Å². The van der Waals surface area contributed by atoms with E-state index in [-0.39, 0.29) is 5.91 Å². The van der Waals surface area contributed by atoms with Gasteiger partial charge in [0, 0.05) is 35.9 Å². The number of hydrogen-bond donors (Lipinski definition) is 0. The Balaban J connectivity index is 1.54. The average Bonchev–Trinajstić information content (AvgIpc) is 3.25. The molecular formula is C17H15N3OS. The third kappa shape index (κ3) is 2.33. The first-order valence-corrected chi connectivity index (χ1v) is 8.14. The normalized spacial score (nSPS) is 13.9. The molecule has 22 heavy (non-hydrogen) atoms. The number of fused-ring (bicyclic) bond motifs is 1. The van der Waals surface area contributed by atoms with E-state index in [1.165, 1.54) is 10.4 Å². The summed E-state index contributed by atoms with van der Waals surface area (Å²) in [6.45, 7) is 1.52. The first-order chi connectivity index (χ1) is 10.8. The fraction of sp³-hybridized carbons (Fsp3) is 0.176. The first kappa shape index (κ1) is 13.3. The topological polar surface area (TPSA) is 38.1 Å². The van der Waals surface area contributed by atoms with Crippen molar-refractivity contribution in [3.63, 3.8) is 0 Å². The smallest absolute Gasteiger partial charge is 0.254 e. The molecule has 4 rings (SSSR count). The number of amides is 1. The van der Waals surface area contributed by atoms with Gasteiger partial charge in [-0.25, -0.2) is 4.68 Å². The lowest BCUT2D eigenvalue weighted by atomic mass is 10.1. The Morgan fingerprint density at radius 2 is 2.05 bits per heavy atom. The Labute approximate surface area is 132 Å². The van der Waals surface area contributed by atoms with Gasteiger partial charge in [0.05, 0.1) is 5.69 Å². The minimum Gasteiger partial charge on any atom is -0.334 e. The summed E-state index contributed by atoms with van der Waals surface area (Å²) in [5, 5.41) is 6.30. The number of aromatic nitrogens is 2. The number of thiophene rings is 1. The summed E-state index contributed by atoms with van der Waals surface area (Å²) in [7, 11) is 0. The molecule has 2 aromatic heterocycles. The fourth-order valence-electron chi connectivity index (χ4n) is 2.78. The van der Waals surface area contributed by atoms with Gasteiger partial charge in [-0.05, 0) is 53.8 Å². The van der Waals surface area contributed by atoms with Gasteiger partial charge in [0.1, 0.15) is 0 Å². The molecule has 0 spiro atoms. The van der Waals surface area contributed by atoms with Gasteiger partial charge in [-0.15, -0.1) is 11.3 Å². The Morgan fingerprint density at radius 1 is 1.18 bits per heavy atom. The van der Waals surface area contributed by atoms with Crippen LogP contribution in [0.25, 0.3) is 5.69 Å². The van der Waals surface area contributed by atoms with Crippen molar-refractivity contribution >= 4 is 17.2 Å². The van der Waals surface area contributed by atoms with E-state index in [4.69, 9.17) is 0 Å². The van der Waals surface area contributed by atoms with Crippen molar-refractivity contribution in [1.82, 2.24) is 14.7 Å². The van der Waals surface area contributed by atoms with Gasteiger partial charge in [0.25, 0.3) is 5.91 Å². The Morgan fingerprint density at radius 3 is 2.82 bits per heavy atom. The van der Waals surface area contributed by atoms with Crippen LogP contribution in [0.15, 0.2) is 54.2 Å². The Bertz CT molecular complexity index is 790. The van der Waals surface area contributed by atoms with Crippen molar-refractivity contribution in [3.05, 3.63) is 70.2 Å². The van der Waals surface area contributed by atoms with Crippen molar-refractivity contribution in [2.24, 2.45) is 0 Å². The summed E-state index contributed by atoms with van der Waals surface area (Å²) in [6.07, 6.45) is 4.59. The molecule has 1 aliphatic rings. The second kappa shape index (κ2) is 5.42. The van der Waals surface area contributed by atoms with Gasteiger partial charge in [-0.3, -0.25) is 4.79 Å². The summed E-state index contributed by atoms with van der Waals surface area (Å²) in [6, 6.07) is 11.6. The van der Waals surface area contributed by atoms with Crippen LogP contribution in [0.2, 0.25) is 0 Å². The van der Waals surface area contributed by atoms with Crippen molar-refractivity contribution < 1.29 is 4.79 Å². The predicted octanol–water partition coefficient (Wildman–Crippen LogP) is 3.13. The van der Waals surface area contributed by atoms with Crippen molar-refractivity contribution in [2.75, 3.05) is 6.54 Å². The maximum absolute atomic E-state index is 12.6. The van der Waals surface area contributed by atoms with Crippen LogP contribution >= 0.6 is 11.3 Å². The van der Waals surface area contributed by atoms with E-state index in [9.17, 15) is 4.79 Å². The molecule has 3 aromatic rings. The average molecular weight is 309 g/mol. The van der Waals surface area contributed by atoms with E-state index in [0.29, 0.717) is 0 Å². The number of carbonyl (C=O) groups is 1. The maximum Gasteiger partial charge on any atom is 0.254 e. The molecule has 0 saturated heterocycles. The lowest BCUT2D eigenvalue weighted by Crippen LogP contribution is -2.35. The second-order valence-electron chi connectivity index (χ2n) is 5.34. The van der Waals surface area contributed by atoms with E-state index in [1.54, 1.807) is 22.2 Å². The van der Waals surface area contributed by atoms with Crippen LogP contribution in [0.3, 0.4) is 0 Å². The molecule has 1 aliphatic heterocycles. The Hall–Kier alpha value is -2.40. The highest BCUT2D eigenvalue weighted by Crippen LogP contribution is 2.25. The lowest BCUT2D eigenvalue weighted by molar-refractivity contribution is 0.0736. The highest BCUT2D eigenvalue weighted by molar-refractivity contribution is 7.10. The molecule has 0 N–H and O–H groups in total. The van der Waals surface area contributed by atoms with Crippen LogP contribution in [-0.2, 0) is 13.0 Å². The summed E-state index contributed by atoms with van der Waals surface area (Å²) >= 11 is 1.79. The molecule has 0 bridgehead atoms. The molecule has 0 saturated carbocycles. The van der Waals surface area contributed by atoms with E-state index in [2.05, 4.69) is 16.5 Å². The molecular weight excluding hydrogens is 294 g/mol. The highest BCUT2D eigenvalue weighted by atomic mass is 32.1. The van der Waals surface area contributed by atoms with E-state index < -0.39 is 0 Å². The quantitative estimate of drug-likeness (QED) is 0.729. The number of benzene rings is 1. The lowest BCUT2D eigenvalue weighted by Gasteiger charge is -2.27. The molecule has 0 aliphatic carbocycles. The minimum atomic E-state index is 0.101. The second-order valence-corrected chi connectivity index (χ2v) is 6.34. The van der Waals surface area contributed by atoms with E-state index >= 15 is 0 Å². The predicted molar refractivity (Wildman–Crippen MR) is 86.3 cm³/mol. The summed E-state index contributed by atoms with van der Waals surface area (Å²) in [4.78, 5) is 16.0. The SMILES string of the molecule is O=C(c1ccc(-n2cccn2)cc1)N1CCc2sccc2C1. The van der Waals surface area contributed by atoms with Crippen molar-refractivity contribution in [3.8, 4) is 5.69 Å². The van der Waals surface area contributed by atoms with Crippen LogP contribution < -0.4 is 0 Å². The zero-order chi connectivity index (χ0) is 14.9. The zero-order valence-corrected chi connectivity index (χ0v) is 12.8. The highest BCUT2D eigenvalue weighted by Gasteiger charge is 2.22. The molecule has 3 heterocycles. The molecule has 0 atom stereocenters. The van der Waals surface area contributed by atoms with Crippen molar-refractivity contribution in [2.45, 2.75) is 13.0 Å². The van der Waals surface area contributed by atoms with Crippen molar-refractivity contribution in [1.29, 1.82) is 0 Å². The minimum absolute atomic E-state index is 0.101. The van der Waals surface area contributed by atoms with Gasteiger partial charge in [-0.1, -0.05) is 0 Å². The monoisotopic (exact) mass is 309 g/mol. The van der Waals surface area contributed by atoms with Gasteiger partial charge in [-0.2, -0.15) is 5.10 Å². The van der Waals surface area contributed by atoms with Gasteiger partial charge in [0.15, 0.2) is 0 Å². The summed E-state index contributed by atoms with van der Waals surface area (Å²) < 4.78 is 1.78. The Kier molecular flexibility index (Phi) is 3.27. The third-order valence-electron chi connectivity index (χ3n) is 3.98. The van der Waals surface area contributed by atoms with Crippen LogP contribution in [0.4, 0.5) is 0 Å². The fourth-order valence-corrected chi connectivity index (χ4v) is 3.67. The molecule has 110 valence electrons. The first-order valence-electron chi connectivity index (χ1n) is 7.26. The largest absolute Gasteiger partial charge is 0.334 e. The van der Waals surface area contributed by atoms with Crippen LogP contribution in [0.5, 0.6) is 0 Å². The molecule has 0 unspecified atom stereocenters. The number of nitrogens with zero attached hydrogens (tertiary/aromatic N) is 3. The number of hydrogen-bond acceptors (Lipinski definition) is 3.